The van der Waals surface area contributed by atoms with E-state index in [1.54, 1.807) is 6.07 Å². The molecule has 0 fully saturated rings. The van der Waals surface area contributed by atoms with Gasteiger partial charge in [-0.1, -0.05) is 11.6 Å². The Morgan fingerprint density at radius 3 is 2.61 bits per heavy atom. The molecule has 0 saturated heterocycles. The van der Waals surface area contributed by atoms with E-state index in [4.69, 9.17) is 17.3 Å². The van der Waals surface area contributed by atoms with Crippen molar-refractivity contribution >= 4 is 38.7 Å². The lowest BCUT2D eigenvalue weighted by Crippen LogP contribution is -2.28. The van der Waals surface area contributed by atoms with Gasteiger partial charge in [-0.05, 0) is 32.0 Å². The molecule has 0 unspecified atom stereocenters. The zero-order chi connectivity index (χ0) is 13.9. The summed E-state index contributed by atoms with van der Waals surface area (Å²) in [7, 11) is -3.43. The summed E-state index contributed by atoms with van der Waals surface area (Å²) in [6, 6.07) is 4.59. The van der Waals surface area contributed by atoms with Crippen LogP contribution in [0.4, 0.5) is 11.4 Å². The minimum atomic E-state index is -3.43. The minimum Gasteiger partial charge on any atom is -0.397 e. The highest BCUT2D eigenvalue weighted by atomic mass is 35.5. The van der Waals surface area contributed by atoms with Crippen LogP contribution in [0.15, 0.2) is 18.2 Å². The van der Waals surface area contributed by atoms with Crippen LogP contribution >= 0.6 is 11.6 Å². The summed E-state index contributed by atoms with van der Waals surface area (Å²) >= 11 is 5.76. The maximum Gasteiger partial charge on any atom is 0.239 e. The molecule has 0 spiro atoms. The van der Waals surface area contributed by atoms with Gasteiger partial charge in [-0.25, -0.2) is 8.42 Å². The standard InChI is InChI=1S/C11H15ClN2O3S/c1-7(2)18(16,17)6-11(15)14-10-5-8(12)3-4-9(10)13/h3-5,7H,6,13H2,1-2H3,(H,14,15). The number of halogens is 1. The van der Waals surface area contributed by atoms with Crippen LogP contribution in [0.2, 0.25) is 5.02 Å². The van der Waals surface area contributed by atoms with E-state index >= 15 is 0 Å². The molecule has 1 aromatic rings. The van der Waals surface area contributed by atoms with Crippen LogP contribution < -0.4 is 11.1 Å². The Bertz CT molecular complexity index is 555. The molecular weight excluding hydrogens is 276 g/mol. The molecule has 0 aliphatic carbocycles. The number of carbonyl (C=O) groups excluding carboxylic acids is 1. The number of nitrogens with one attached hydrogen (secondary N) is 1. The summed E-state index contributed by atoms with van der Waals surface area (Å²) in [5, 5.41) is 2.25. The number of sulfone groups is 1. The molecule has 3 N–H and O–H groups in total. The normalized spacial score (nSPS) is 11.6. The Labute approximate surface area is 111 Å². The molecule has 0 heterocycles. The smallest absolute Gasteiger partial charge is 0.239 e. The lowest BCUT2D eigenvalue weighted by molar-refractivity contribution is -0.113. The fraction of sp³-hybridized carbons (Fsp3) is 0.364. The third-order valence-corrected chi connectivity index (χ3v) is 4.68. The summed E-state index contributed by atoms with van der Waals surface area (Å²) in [5.41, 5.74) is 6.28. The van der Waals surface area contributed by atoms with E-state index in [-0.39, 0.29) is 0 Å². The van der Waals surface area contributed by atoms with E-state index in [9.17, 15) is 13.2 Å². The van der Waals surface area contributed by atoms with Gasteiger partial charge in [-0.2, -0.15) is 0 Å². The monoisotopic (exact) mass is 290 g/mol. The first-order valence-corrected chi connectivity index (χ1v) is 7.38. The van der Waals surface area contributed by atoms with Crippen LogP contribution in [0.5, 0.6) is 0 Å². The molecule has 7 heteroatoms. The lowest BCUT2D eigenvalue weighted by Gasteiger charge is -2.10. The van der Waals surface area contributed by atoms with E-state index in [1.165, 1.54) is 26.0 Å². The Hall–Kier alpha value is -1.27. The van der Waals surface area contributed by atoms with Crippen molar-refractivity contribution in [2.45, 2.75) is 19.1 Å². The van der Waals surface area contributed by atoms with Gasteiger partial charge in [0.2, 0.25) is 5.91 Å². The van der Waals surface area contributed by atoms with E-state index in [1.807, 2.05) is 0 Å². The van der Waals surface area contributed by atoms with Crippen LogP contribution in [0.1, 0.15) is 13.8 Å². The minimum absolute atomic E-state index is 0.312. The molecule has 0 bridgehead atoms. The van der Waals surface area contributed by atoms with Gasteiger partial charge >= 0.3 is 0 Å². The molecule has 0 aromatic heterocycles. The highest BCUT2D eigenvalue weighted by molar-refractivity contribution is 7.92. The Morgan fingerprint density at radius 1 is 1.44 bits per heavy atom. The van der Waals surface area contributed by atoms with Crippen LogP contribution in [0.25, 0.3) is 0 Å². The van der Waals surface area contributed by atoms with E-state index in [0.29, 0.717) is 16.4 Å². The summed E-state index contributed by atoms with van der Waals surface area (Å²) in [5.74, 6) is -1.20. The van der Waals surface area contributed by atoms with Gasteiger partial charge in [0.05, 0.1) is 16.6 Å². The Kier molecular flexibility index (Phi) is 4.59. The van der Waals surface area contributed by atoms with Crippen LogP contribution in [0, 0.1) is 0 Å². The van der Waals surface area contributed by atoms with Crippen molar-refractivity contribution in [3.8, 4) is 0 Å². The third kappa shape index (κ3) is 3.89. The van der Waals surface area contributed by atoms with Crippen molar-refractivity contribution in [3.05, 3.63) is 23.2 Å². The second-order valence-electron chi connectivity index (χ2n) is 4.14. The van der Waals surface area contributed by atoms with Crippen molar-refractivity contribution < 1.29 is 13.2 Å². The lowest BCUT2D eigenvalue weighted by atomic mass is 10.2. The molecule has 18 heavy (non-hydrogen) atoms. The molecular formula is C11H15ClN2O3S. The predicted molar refractivity (Wildman–Crippen MR) is 73.4 cm³/mol. The number of nitrogen functional groups attached to an aromatic ring is 1. The van der Waals surface area contributed by atoms with Gasteiger partial charge in [0.1, 0.15) is 5.75 Å². The number of hydrogen-bond donors (Lipinski definition) is 2. The number of benzene rings is 1. The summed E-state index contributed by atoms with van der Waals surface area (Å²) in [6.07, 6.45) is 0. The average molecular weight is 291 g/mol. The average Bonchev–Trinajstić information content (AvgIpc) is 2.22. The largest absolute Gasteiger partial charge is 0.397 e. The van der Waals surface area contributed by atoms with E-state index in [2.05, 4.69) is 5.32 Å². The zero-order valence-corrected chi connectivity index (χ0v) is 11.7. The van der Waals surface area contributed by atoms with Gasteiger partial charge in [-0.3, -0.25) is 4.79 Å². The molecule has 100 valence electrons. The van der Waals surface area contributed by atoms with Crippen molar-refractivity contribution in [2.24, 2.45) is 0 Å². The van der Waals surface area contributed by atoms with Gasteiger partial charge in [-0.15, -0.1) is 0 Å². The van der Waals surface area contributed by atoms with Crippen molar-refractivity contribution in [2.75, 3.05) is 16.8 Å². The first kappa shape index (κ1) is 14.8. The fourth-order valence-corrected chi connectivity index (χ4v) is 2.12. The highest BCUT2D eigenvalue weighted by Gasteiger charge is 2.21. The van der Waals surface area contributed by atoms with Gasteiger partial charge in [0.15, 0.2) is 9.84 Å². The number of hydrogen-bond acceptors (Lipinski definition) is 4. The highest BCUT2D eigenvalue weighted by Crippen LogP contribution is 2.22. The Balaban J connectivity index is 2.80. The summed E-state index contributed by atoms with van der Waals surface area (Å²) in [4.78, 5) is 11.6. The number of amides is 1. The number of nitrogens with two attached hydrogens (primary N) is 1. The van der Waals surface area contributed by atoms with Gasteiger partial charge < -0.3 is 11.1 Å². The van der Waals surface area contributed by atoms with Crippen LogP contribution in [-0.2, 0) is 14.6 Å². The second kappa shape index (κ2) is 5.58. The molecule has 5 nitrogen and oxygen atoms in total. The molecule has 0 radical (unpaired) electrons. The van der Waals surface area contributed by atoms with E-state index in [0.717, 1.165) is 0 Å². The molecule has 1 aromatic carbocycles. The Morgan fingerprint density at radius 2 is 2.06 bits per heavy atom. The fourth-order valence-electron chi connectivity index (χ4n) is 1.17. The summed E-state index contributed by atoms with van der Waals surface area (Å²) in [6.45, 7) is 3.05. The molecule has 0 aliphatic heterocycles. The number of rotatable bonds is 4. The molecule has 0 aliphatic rings. The predicted octanol–water partition coefficient (Wildman–Crippen LogP) is 1.68. The third-order valence-electron chi connectivity index (χ3n) is 2.34. The molecule has 0 saturated carbocycles. The number of anilines is 2. The maximum atomic E-state index is 11.6. The summed E-state index contributed by atoms with van der Waals surface area (Å²) < 4.78 is 23.1. The molecule has 1 amide bonds. The molecule has 0 atom stereocenters. The van der Waals surface area contributed by atoms with E-state index < -0.39 is 26.7 Å². The number of carbonyl (C=O) groups is 1. The topological polar surface area (TPSA) is 89.3 Å². The quantitative estimate of drug-likeness (QED) is 0.826. The first-order chi connectivity index (χ1) is 8.22. The molecule has 1 rings (SSSR count). The first-order valence-electron chi connectivity index (χ1n) is 5.29. The zero-order valence-electron chi connectivity index (χ0n) is 10.1. The maximum absolute atomic E-state index is 11.6. The van der Waals surface area contributed by atoms with Crippen molar-refractivity contribution in [1.29, 1.82) is 0 Å². The second-order valence-corrected chi connectivity index (χ2v) is 7.13. The van der Waals surface area contributed by atoms with Gasteiger partial charge in [0.25, 0.3) is 0 Å². The van der Waals surface area contributed by atoms with Gasteiger partial charge in [0, 0.05) is 5.02 Å². The van der Waals surface area contributed by atoms with Crippen molar-refractivity contribution in [3.63, 3.8) is 0 Å². The van der Waals surface area contributed by atoms with Crippen LogP contribution in [-0.4, -0.2) is 25.3 Å². The van der Waals surface area contributed by atoms with Crippen LogP contribution in [0.3, 0.4) is 0 Å². The van der Waals surface area contributed by atoms with Crippen molar-refractivity contribution in [1.82, 2.24) is 0 Å². The SMILES string of the molecule is CC(C)S(=O)(=O)CC(=O)Nc1cc(Cl)ccc1N.